The second-order valence-corrected chi connectivity index (χ2v) is 7.55. The third-order valence-electron chi connectivity index (χ3n) is 3.31. The van der Waals surface area contributed by atoms with Gasteiger partial charge in [-0.25, -0.2) is 13.6 Å². The third-order valence-corrected chi connectivity index (χ3v) is 5.02. The molecule has 1 aliphatic rings. The fourth-order valence-electron chi connectivity index (χ4n) is 1.71. The number of carbonyl (C=O) groups excluding carboxylic acids is 1. The highest BCUT2D eigenvalue weighted by Crippen LogP contribution is 2.35. The summed E-state index contributed by atoms with van der Waals surface area (Å²) in [5, 5.41) is 8.00. The summed E-state index contributed by atoms with van der Waals surface area (Å²) < 4.78 is 23.3. The summed E-state index contributed by atoms with van der Waals surface area (Å²) in [6, 6.07) is 2.72. The van der Waals surface area contributed by atoms with Crippen LogP contribution in [0.15, 0.2) is 21.5 Å². The van der Waals surface area contributed by atoms with Crippen LogP contribution in [0, 0.1) is 6.92 Å². The quantitative estimate of drug-likeness (QED) is 0.872. The SMILES string of the molecule is Cc1c(Br)cc(S(N)(=O)=O)cc1C(=O)NC1(C)CC1. The summed E-state index contributed by atoms with van der Waals surface area (Å²) in [4.78, 5) is 12.1. The number of halogens is 1. The molecule has 1 aliphatic carbocycles. The van der Waals surface area contributed by atoms with E-state index in [1.54, 1.807) is 6.92 Å². The van der Waals surface area contributed by atoms with Crippen molar-refractivity contribution >= 4 is 31.9 Å². The van der Waals surface area contributed by atoms with Gasteiger partial charge in [-0.15, -0.1) is 0 Å². The third kappa shape index (κ3) is 3.16. The maximum atomic E-state index is 12.2. The zero-order valence-corrected chi connectivity index (χ0v) is 13.1. The largest absolute Gasteiger partial charge is 0.347 e. The molecule has 104 valence electrons. The van der Waals surface area contributed by atoms with Crippen LogP contribution in [0.2, 0.25) is 0 Å². The Balaban J connectivity index is 2.44. The molecule has 1 aromatic rings. The Morgan fingerprint density at radius 3 is 2.47 bits per heavy atom. The van der Waals surface area contributed by atoms with Gasteiger partial charge in [0.2, 0.25) is 10.0 Å². The average Bonchev–Trinajstić information content (AvgIpc) is 2.98. The van der Waals surface area contributed by atoms with E-state index in [9.17, 15) is 13.2 Å². The summed E-state index contributed by atoms with van der Waals surface area (Å²) in [5.41, 5.74) is 0.855. The highest BCUT2D eigenvalue weighted by Gasteiger charge is 2.39. The molecular weight excluding hydrogens is 332 g/mol. The van der Waals surface area contributed by atoms with E-state index in [1.165, 1.54) is 12.1 Å². The molecule has 0 aliphatic heterocycles. The number of carbonyl (C=O) groups is 1. The molecule has 5 nitrogen and oxygen atoms in total. The standard InChI is InChI=1S/C12H15BrN2O3S/c1-7-9(11(16)15-12(2)3-4-12)5-8(6-10(7)13)19(14,17)18/h5-6H,3-4H2,1-2H3,(H,15,16)(H2,14,17,18). The van der Waals surface area contributed by atoms with Gasteiger partial charge in [0, 0.05) is 15.6 Å². The second kappa shape index (κ2) is 4.57. The van der Waals surface area contributed by atoms with E-state index in [-0.39, 0.29) is 16.3 Å². The summed E-state index contributed by atoms with van der Waals surface area (Å²) in [6.45, 7) is 3.71. The first-order valence-corrected chi connectivity index (χ1v) is 8.12. The van der Waals surface area contributed by atoms with Gasteiger partial charge < -0.3 is 5.32 Å². The van der Waals surface area contributed by atoms with Gasteiger partial charge in [-0.2, -0.15) is 0 Å². The Bertz CT molecular complexity index is 651. The van der Waals surface area contributed by atoms with Crippen LogP contribution >= 0.6 is 15.9 Å². The maximum Gasteiger partial charge on any atom is 0.252 e. The van der Waals surface area contributed by atoms with Crippen LogP contribution in [-0.4, -0.2) is 19.9 Å². The van der Waals surface area contributed by atoms with E-state index in [2.05, 4.69) is 21.2 Å². The predicted octanol–water partition coefficient (Wildman–Crippen LogP) is 1.69. The maximum absolute atomic E-state index is 12.2. The minimum absolute atomic E-state index is 0.0731. The van der Waals surface area contributed by atoms with Gasteiger partial charge in [-0.1, -0.05) is 15.9 Å². The van der Waals surface area contributed by atoms with Crippen molar-refractivity contribution in [2.24, 2.45) is 5.14 Å². The van der Waals surface area contributed by atoms with Crippen molar-refractivity contribution in [3.05, 3.63) is 27.7 Å². The Kier molecular flexibility index (Phi) is 3.49. The molecule has 0 bridgehead atoms. The van der Waals surface area contributed by atoms with Crippen molar-refractivity contribution in [1.29, 1.82) is 0 Å². The van der Waals surface area contributed by atoms with Crippen molar-refractivity contribution in [3.8, 4) is 0 Å². The normalized spacial score (nSPS) is 17.1. The highest BCUT2D eigenvalue weighted by molar-refractivity contribution is 9.10. The average molecular weight is 347 g/mol. The fourth-order valence-corrected chi connectivity index (χ4v) is 2.88. The minimum Gasteiger partial charge on any atom is -0.347 e. The molecule has 1 fully saturated rings. The van der Waals surface area contributed by atoms with Crippen LogP contribution in [0.1, 0.15) is 35.7 Å². The number of primary sulfonamides is 1. The highest BCUT2D eigenvalue weighted by atomic mass is 79.9. The van der Waals surface area contributed by atoms with E-state index in [1.807, 2.05) is 6.92 Å². The lowest BCUT2D eigenvalue weighted by Crippen LogP contribution is -2.34. The molecule has 1 saturated carbocycles. The lowest BCUT2D eigenvalue weighted by Gasteiger charge is -2.14. The van der Waals surface area contributed by atoms with Gasteiger partial charge in [0.15, 0.2) is 0 Å². The molecule has 0 radical (unpaired) electrons. The van der Waals surface area contributed by atoms with E-state index in [4.69, 9.17) is 5.14 Å². The van der Waals surface area contributed by atoms with E-state index in [0.717, 1.165) is 12.8 Å². The first kappa shape index (κ1) is 14.5. The van der Waals surface area contributed by atoms with Gasteiger partial charge in [-0.05, 0) is 44.4 Å². The number of rotatable bonds is 3. The molecule has 0 saturated heterocycles. The number of amides is 1. The fraction of sp³-hybridized carbons (Fsp3) is 0.417. The first-order valence-electron chi connectivity index (χ1n) is 5.78. The number of hydrogen-bond acceptors (Lipinski definition) is 3. The molecular formula is C12H15BrN2O3S. The number of nitrogens with one attached hydrogen (secondary N) is 1. The molecule has 2 rings (SSSR count). The zero-order valence-electron chi connectivity index (χ0n) is 10.7. The van der Waals surface area contributed by atoms with Crippen molar-refractivity contribution < 1.29 is 13.2 Å². The number of nitrogens with two attached hydrogens (primary N) is 1. The molecule has 7 heteroatoms. The van der Waals surface area contributed by atoms with Gasteiger partial charge in [0.1, 0.15) is 0 Å². The minimum atomic E-state index is -3.84. The van der Waals surface area contributed by atoms with Crippen LogP contribution in [0.4, 0.5) is 0 Å². The van der Waals surface area contributed by atoms with Crippen LogP contribution in [-0.2, 0) is 10.0 Å². The molecule has 0 aromatic heterocycles. The lowest BCUT2D eigenvalue weighted by molar-refractivity contribution is 0.0934. The van der Waals surface area contributed by atoms with Crippen molar-refractivity contribution in [3.63, 3.8) is 0 Å². The van der Waals surface area contributed by atoms with Crippen LogP contribution in [0.3, 0.4) is 0 Å². The molecule has 3 N–H and O–H groups in total. The van der Waals surface area contributed by atoms with Gasteiger partial charge in [0.25, 0.3) is 5.91 Å². The van der Waals surface area contributed by atoms with Crippen molar-refractivity contribution in [2.75, 3.05) is 0 Å². The van der Waals surface area contributed by atoms with E-state index < -0.39 is 10.0 Å². The predicted molar refractivity (Wildman–Crippen MR) is 75.4 cm³/mol. The molecule has 1 amide bonds. The number of sulfonamides is 1. The Morgan fingerprint density at radius 2 is 2.00 bits per heavy atom. The van der Waals surface area contributed by atoms with Gasteiger partial charge >= 0.3 is 0 Å². The number of hydrogen-bond donors (Lipinski definition) is 2. The van der Waals surface area contributed by atoms with E-state index >= 15 is 0 Å². The molecule has 1 aromatic carbocycles. The van der Waals surface area contributed by atoms with Gasteiger partial charge in [-0.3, -0.25) is 4.79 Å². The summed E-state index contributed by atoms with van der Waals surface area (Å²) in [7, 11) is -3.84. The molecule has 0 spiro atoms. The molecule has 0 atom stereocenters. The Hall–Kier alpha value is -0.920. The summed E-state index contributed by atoms with van der Waals surface area (Å²) in [5.74, 6) is -0.274. The second-order valence-electron chi connectivity index (χ2n) is 5.14. The number of benzene rings is 1. The van der Waals surface area contributed by atoms with Crippen molar-refractivity contribution in [1.82, 2.24) is 5.32 Å². The Morgan fingerprint density at radius 1 is 1.42 bits per heavy atom. The molecule has 0 heterocycles. The summed E-state index contributed by atoms with van der Waals surface area (Å²) >= 11 is 3.25. The van der Waals surface area contributed by atoms with Crippen LogP contribution in [0.25, 0.3) is 0 Å². The van der Waals surface area contributed by atoms with Crippen molar-refractivity contribution in [2.45, 2.75) is 37.1 Å². The summed E-state index contributed by atoms with van der Waals surface area (Å²) in [6.07, 6.45) is 1.88. The van der Waals surface area contributed by atoms with Crippen LogP contribution < -0.4 is 10.5 Å². The topological polar surface area (TPSA) is 89.3 Å². The first-order chi connectivity index (χ1) is 8.62. The lowest BCUT2D eigenvalue weighted by atomic mass is 10.1. The van der Waals surface area contributed by atoms with Crippen LogP contribution in [0.5, 0.6) is 0 Å². The Labute approximate surface area is 120 Å². The molecule has 19 heavy (non-hydrogen) atoms. The molecule has 0 unspecified atom stereocenters. The van der Waals surface area contributed by atoms with Gasteiger partial charge in [0.05, 0.1) is 4.90 Å². The smallest absolute Gasteiger partial charge is 0.252 e. The van der Waals surface area contributed by atoms with E-state index in [0.29, 0.717) is 15.6 Å². The zero-order chi connectivity index (χ0) is 14.4. The monoisotopic (exact) mass is 346 g/mol.